The van der Waals surface area contributed by atoms with Gasteiger partial charge in [-0.3, -0.25) is 0 Å². The van der Waals surface area contributed by atoms with Crippen LogP contribution in [0.1, 0.15) is 11.3 Å². The number of nitrogens with zero attached hydrogens (tertiary/aromatic N) is 3. The van der Waals surface area contributed by atoms with E-state index in [4.69, 9.17) is 4.74 Å². The molecule has 154 valence electrons. The highest BCUT2D eigenvalue weighted by Crippen LogP contribution is 2.34. The predicted molar refractivity (Wildman–Crippen MR) is 114 cm³/mol. The molecule has 0 atom stereocenters. The van der Waals surface area contributed by atoms with Gasteiger partial charge in [0.15, 0.2) is 0 Å². The van der Waals surface area contributed by atoms with E-state index in [1.54, 1.807) is 0 Å². The standard InChI is InChI=1S/C24H18F2N4O/c1-15-6-11-23(30(15)18-9-10-21-22(13-18)28-29-27-21)19-4-2-3-5-24(19)31-14-16-7-8-17(25)12-20(16)26/h2-13H,14H2,1H3,(H,27,28,29). The van der Waals surface area contributed by atoms with E-state index < -0.39 is 11.6 Å². The number of hydrogen-bond acceptors (Lipinski definition) is 3. The number of rotatable bonds is 5. The molecular formula is C24H18F2N4O. The first-order valence-electron chi connectivity index (χ1n) is 9.75. The maximum absolute atomic E-state index is 14.0. The Kier molecular flexibility index (Phi) is 4.71. The summed E-state index contributed by atoms with van der Waals surface area (Å²) in [5, 5.41) is 10.9. The van der Waals surface area contributed by atoms with E-state index in [-0.39, 0.29) is 6.61 Å². The lowest BCUT2D eigenvalue weighted by molar-refractivity contribution is 0.300. The highest BCUT2D eigenvalue weighted by molar-refractivity contribution is 5.78. The van der Waals surface area contributed by atoms with E-state index in [1.807, 2.05) is 61.5 Å². The lowest BCUT2D eigenvalue weighted by atomic mass is 10.1. The smallest absolute Gasteiger partial charge is 0.132 e. The number of halogens is 2. The summed E-state index contributed by atoms with van der Waals surface area (Å²) in [6.45, 7) is 2.02. The maximum Gasteiger partial charge on any atom is 0.132 e. The number of aryl methyl sites for hydroxylation is 1. The molecule has 0 amide bonds. The van der Waals surface area contributed by atoms with Crippen molar-refractivity contribution < 1.29 is 13.5 Å². The van der Waals surface area contributed by atoms with E-state index in [1.165, 1.54) is 12.1 Å². The zero-order valence-corrected chi connectivity index (χ0v) is 16.6. The van der Waals surface area contributed by atoms with Crippen LogP contribution in [0.5, 0.6) is 5.75 Å². The Morgan fingerprint density at radius 3 is 2.61 bits per heavy atom. The fraction of sp³-hybridized carbons (Fsp3) is 0.0833. The van der Waals surface area contributed by atoms with Crippen molar-refractivity contribution in [3.05, 3.63) is 95.7 Å². The Bertz CT molecular complexity index is 1390. The van der Waals surface area contributed by atoms with Gasteiger partial charge in [0, 0.05) is 28.6 Å². The third kappa shape index (κ3) is 3.54. The van der Waals surface area contributed by atoms with Crippen LogP contribution in [0.3, 0.4) is 0 Å². The van der Waals surface area contributed by atoms with Crippen LogP contribution in [0.25, 0.3) is 28.0 Å². The van der Waals surface area contributed by atoms with Crippen molar-refractivity contribution in [3.8, 4) is 22.7 Å². The molecule has 2 heterocycles. The summed E-state index contributed by atoms with van der Waals surface area (Å²) in [7, 11) is 0. The van der Waals surface area contributed by atoms with E-state index in [9.17, 15) is 8.78 Å². The van der Waals surface area contributed by atoms with Gasteiger partial charge >= 0.3 is 0 Å². The lowest BCUT2D eigenvalue weighted by Gasteiger charge is -2.16. The number of aromatic amines is 1. The van der Waals surface area contributed by atoms with Crippen molar-refractivity contribution in [2.24, 2.45) is 0 Å². The highest BCUT2D eigenvalue weighted by atomic mass is 19.1. The second-order valence-electron chi connectivity index (χ2n) is 7.21. The van der Waals surface area contributed by atoms with Crippen LogP contribution < -0.4 is 4.74 Å². The molecule has 0 radical (unpaired) electrons. The number of hydrogen-bond donors (Lipinski definition) is 1. The molecule has 3 aromatic carbocycles. The summed E-state index contributed by atoms with van der Waals surface area (Å²) in [5.74, 6) is -0.635. The minimum Gasteiger partial charge on any atom is -0.488 e. The first kappa shape index (κ1) is 19.0. The number of aromatic nitrogens is 4. The molecule has 0 bridgehead atoms. The number of benzene rings is 3. The summed E-state index contributed by atoms with van der Waals surface area (Å²) >= 11 is 0. The number of para-hydroxylation sites is 1. The van der Waals surface area contributed by atoms with Gasteiger partial charge in [-0.1, -0.05) is 12.1 Å². The Balaban J connectivity index is 1.53. The van der Waals surface area contributed by atoms with Crippen LogP contribution in [-0.4, -0.2) is 20.0 Å². The van der Waals surface area contributed by atoms with Gasteiger partial charge in [0.25, 0.3) is 0 Å². The van der Waals surface area contributed by atoms with Gasteiger partial charge in [-0.05, 0) is 61.5 Å². The fourth-order valence-corrected chi connectivity index (χ4v) is 3.66. The summed E-state index contributed by atoms with van der Waals surface area (Å²) in [4.78, 5) is 0. The van der Waals surface area contributed by atoms with E-state index in [0.29, 0.717) is 11.3 Å². The van der Waals surface area contributed by atoms with Crippen molar-refractivity contribution in [2.45, 2.75) is 13.5 Å². The van der Waals surface area contributed by atoms with Gasteiger partial charge in [0.2, 0.25) is 0 Å². The SMILES string of the molecule is Cc1ccc(-c2ccccc2OCc2ccc(F)cc2F)n1-c1ccc2n[nH]nc2c1. The van der Waals surface area contributed by atoms with E-state index in [2.05, 4.69) is 20.0 Å². The number of nitrogens with one attached hydrogen (secondary N) is 1. The van der Waals surface area contributed by atoms with Gasteiger partial charge in [-0.25, -0.2) is 8.78 Å². The zero-order chi connectivity index (χ0) is 21.4. The third-order valence-electron chi connectivity index (χ3n) is 5.20. The van der Waals surface area contributed by atoms with Crippen LogP contribution in [0, 0.1) is 18.6 Å². The van der Waals surface area contributed by atoms with Gasteiger partial charge < -0.3 is 9.30 Å². The second kappa shape index (κ2) is 7.68. The fourth-order valence-electron chi connectivity index (χ4n) is 3.66. The van der Waals surface area contributed by atoms with Gasteiger partial charge in [0.05, 0.1) is 5.69 Å². The third-order valence-corrected chi connectivity index (χ3v) is 5.20. The maximum atomic E-state index is 14.0. The Morgan fingerprint density at radius 2 is 1.74 bits per heavy atom. The van der Waals surface area contributed by atoms with Crippen molar-refractivity contribution in [1.29, 1.82) is 0 Å². The van der Waals surface area contributed by atoms with E-state index in [0.717, 1.165) is 39.7 Å². The van der Waals surface area contributed by atoms with Gasteiger partial charge in [0.1, 0.15) is 35.0 Å². The Labute approximate surface area is 176 Å². The number of H-pyrrole nitrogens is 1. The molecule has 31 heavy (non-hydrogen) atoms. The average Bonchev–Trinajstić information content (AvgIpc) is 3.39. The lowest BCUT2D eigenvalue weighted by Crippen LogP contribution is -2.03. The molecule has 5 aromatic rings. The molecule has 0 saturated carbocycles. The molecular weight excluding hydrogens is 398 g/mol. The quantitative estimate of drug-likeness (QED) is 0.407. The monoisotopic (exact) mass is 416 g/mol. The highest BCUT2D eigenvalue weighted by Gasteiger charge is 2.15. The largest absolute Gasteiger partial charge is 0.488 e. The van der Waals surface area contributed by atoms with Crippen LogP contribution in [0.4, 0.5) is 8.78 Å². The summed E-state index contributed by atoms with van der Waals surface area (Å²) < 4.78 is 35.3. The van der Waals surface area contributed by atoms with E-state index >= 15 is 0 Å². The van der Waals surface area contributed by atoms with Crippen molar-refractivity contribution in [3.63, 3.8) is 0 Å². The van der Waals surface area contributed by atoms with Crippen molar-refractivity contribution in [1.82, 2.24) is 20.0 Å². The minimum absolute atomic E-state index is 0.00623. The van der Waals surface area contributed by atoms with Gasteiger partial charge in [-0.2, -0.15) is 15.4 Å². The summed E-state index contributed by atoms with van der Waals surface area (Å²) in [5.41, 5.74) is 5.62. The van der Waals surface area contributed by atoms with Gasteiger partial charge in [-0.15, -0.1) is 0 Å². The topological polar surface area (TPSA) is 55.7 Å². The van der Waals surface area contributed by atoms with Crippen molar-refractivity contribution >= 4 is 11.0 Å². The average molecular weight is 416 g/mol. The molecule has 7 heteroatoms. The molecule has 0 aliphatic heterocycles. The molecule has 0 aliphatic carbocycles. The molecule has 0 saturated heterocycles. The normalized spacial score (nSPS) is 11.2. The van der Waals surface area contributed by atoms with Crippen LogP contribution in [0.2, 0.25) is 0 Å². The summed E-state index contributed by atoms with van der Waals surface area (Å²) in [6.07, 6.45) is 0. The first-order chi connectivity index (χ1) is 15.1. The van der Waals surface area contributed by atoms with Crippen molar-refractivity contribution in [2.75, 3.05) is 0 Å². The van der Waals surface area contributed by atoms with Crippen LogP contribution in [0.15, 0.2) is 72.8 Å². The molecule has 0 fully saturated rings. The predicted octanol–water partition coefficient (Wildman–Crippen LogP) is 5.58. The first-order valence-corrected chi connectivity index (χ1v) is 9.75. The van der Waals surface area contributed by atoms with Crippen LogP contribution >= 0.6 is 0 Å². The molecule has 0 spiro atoms. The number of ether oxygens (including phenoxy) is 1. The summed E-state index contributed by atoms with van der Waals surface area (Å²) in [6, 6.07) is 21.0. The number of fused-ring (bicyclic) bond motifs is 1. The molecule has 0 unspecified atom stereocenters. The Hall–Kier alpha value is -4.00. The molecule has 1 N–H and O–H groups in total. The Morgan fingerprint density at radius 1 is 0.903 bits per heavy atom. The molecule has 5 rings (SSSR count). The zero-order valence-electron chi connectivity index (χ0n) is 16.6. The molecule has 5 nitrogen and oxygen atoms in total. The molecule has 2 aromatic heterocycles. The van der Waals surface area contributed by atoms with Crippen LogP contribution in [-0.2, 0) is 6.61 Å². The molecule has 0 aliphatic rings. The minimum atomic E-state index is -0.627. The second-order valence-corrected chi connectivity index (χ2v) is 7.21.